The van der Waals surface area contributed by atoms with Crippen molar-refractivity contribution in [2.45, 2.75) is 65.0 Å². The summed E-state index contributed by atoms with van der Waals surface area (Å²) in [4.78, 5) is 50.4. The average molecular weight is 461 g/mol. The van der Waals surface area contributed by atoms with Gasteiger partial charge in [0.25, 0.3) is 5.91 Å². The smallest absolute Gasteiger partial charge is 0.408 e. The fourth-order valence-corrected chi connectivity index (χ4v) is 3.67. The molecule has 1 heterocycles. The number of ketones is 2. The molecule has 1 aliphatic heterocycles. The lowest BCUT2D eigenvalue weighted by Gasteiger charge is -2.22. The topological polar surface area (TPSA) is 111 Å². The first-order valence-corrected chi connectivity index (χ1v) is 11.8. The number of alkyl carbamates (subject to hydrolysis) is 1. The van der Waals surface area contributed by atoms with Crippen molar-refractivity contribution >= 4 is 23.6 Å². The Morgan fingerprint density at radius 1 is 1.12 bits per heavy atom. The number of hydrogen-bond acceptors (Lipinski definition) is 6. The van der Waals surface area contributed by atoms with Crippen LogP contribution < -0.4 is 10.6 Å². The molecule has 2 atom stereocenters. The average Bonchev–Trinajstić information content (AvgIpc) is 2.79. The number of amides is 2. The summed E-state index contributed by atoms with van der Waals surface area (Å²) in [5.41, 5.74) is 0.837. The van der Waals surface area contributed by atoms with Crippen LogP contribution in [0, 0.1) is 11.8 Å². The second-order valence-electron chi connectivity index (χ2n) is 8.84. The minimum absolute atomic E-state index is 0.0912. The van der Waals surface area contributed by atoms with Crippen LogP contribution >= 0.6 is 0 Å². The molecule has 1 saturated heterocycles. The van der Waals surface area contributed by atoms with Crippen LogP contribution in [0.2, 0.25) is 0 Å². The van der Waals surface area contributed by atoms with E-state index in [9.17, 15) is 19.2 Å². The van der Waals surface area contributed by atoms with Gasteiger partial charge in [0.05, 0.1) is 6.04 Å². The molecule has 0 aromatic heterocycles. The number of rotatable bonds is 8. The standard InChI is InChI=1S/C25H36N2O6/c1-18(2)15-21(27-25(31)33-17-19-9-5-3-6-10-19)22(28)16-20-11-14-32-13-8-4-7-12-26-24(30)23(20)29/h3,5-6,9-10,18,20-21H,4,7-8,11-17H2,1-2H3,(H,26,30)(H,27,31). The summed E-state index contributed by atoms with van der Waals surface area (Å²) in [7, 11) is 0. The Kier molecular flexibility index (Phi) is 11.6. The van der Waals surface area contributed by atoms with Gasteiger partial charge in [0.2, 0.25) is 5.78 Å². The Morgan fingerprint density at radius 2 is 1.88 bits per heavy atom. The lowest BCUT2D eigenvalue weighted by Crippen LogP contribution is -2.44. The largest absolute Gasteiger partial charge is 0.445 e. The van der Waals surface area contributed by atoms with E-state index in [1.165, 1.54) is 0 Å². The van der Waals surface area contributed by atoms with Crippen LogP contribution in [0.15, 0.2) is 30.3 Å². The first kappa shape index (κ1) is 26.5. The second-order valence-corrected chi connectivity index (χ2v) is 8.84. The van der Waals surface area contributed by atoms with Crippen molar-refractivity contribution in [3.63, 3.8) is 0 Å². The normalized spacial score (nSPS) is 19.1. The molecule has 1 fully saturated rings. The number of hydrogen-bond donors (Lipinski definition) is 2. The number of ether oxygens (including phenoxy) is 2. The van der Waals surface area contributed by atoms with Gasteiger partial charge in [-0.3, -0.25) is 14.4 Å². The van der Waals surface area contributed by atoms with Crippen LogP contribution in [0.3, 0.4) is 0 Å². The third-order valence-electron chi connectivity index (χ3n) is 5.50. The third-order valence-corrected chi connectivity index (χ3v) is 5.50. The number of Topliss-reactive ketones (excluding diaryl/α,β-unsaturated/α-hetero) is 2. The first-order chi connectivity index (χ1) is 15.9. The fourth-order valence-electron chi connectivity index (χ4n) is 3.67. The predicted octanol–water partition coefficient (Wildman–Crippen LogP) is 3.18. The zero-order valence-corrected chi connectivity index (χ0v) is 19.6. The molecule has 0 spiro atoms. The van der Waals surface area contributed by atoms with Crippen LogP contribution in [-0.4, -0.2) is 49.4 Å². The molecule has 33 heavy (non-hydrogen) atoms. The van der Waals surface area contributed by atoms with E-state index in [0.717, 1.165) is 24.8 Å². The number of carbonyl (C=O) groups is 4. The van der Waals surface area contributed by atoms with E-state index in [2.05, 4.69) is 10.6 Å². The molecule has 1 aromatic carbocycles. The molecule has 2 N–H and O–H groups in total. The first-order valence-electron chi connectivity index (χ1n) is 11.8. The molecule has 182 valence electrons. The highest BCUT2D eigenvalue weighted by atomic mass is 16.5. The molecule has 2 amide bonds. The molecule has 8 nitrogen and oxygen atoms in total. The maximum Gasteiger partial charge on any atom is 0.408 e. The highest BCUT2D eigenvalue weighted by Gasteiger charge is 2.31. The van der Waals surface area contributed by atoms with Crippen molar-refractivity contribution in [1.82, 2.24) is 10.6 Å². The Labute approximate surface area is 195 Å². The zero-order valence-electron chi connectivity index (χ0n) is 19.6. The van der Waals surface area contributed by atoms with E-state index < -0.39 is 29.7 Å². The van der Waals surface area contributed by atoms with Crippen molar-refractivity contribution in [3.8, 4) is 0 Å². The fraction of sp³-hybridized carbons (Fsp3) is 0.600. The molecule has 2 rings (SSSR count). The van der Waals surface area contributed by atoms with E-state index in [1.54, 1.807) is 0 Å². The summed E-state index contributed by atoms with van der Waals surface area (Å²) in [5, 5.41) is 5.30. The molecule has 0 saturated carbocycles. The summed E-state index contributed by atoms with van der Waals surface area (Å²) < 4.78 is 10.8. The Hall–Kier alpha value is -2.74. The van der Waals surface area contributed by atoms with Gasteiger partial charge < -0.3 is 20.1 Å². The van der Waals surface area contributed by atoms with Crippen LogP contribution in [0.1, 0.15) is 57.9 Å². The monoisotopic (exact) mass is 460 g/mol. The predicted molar refractivity (Wildman–Crippen MR) is 123 cm³/mol. The maximum absolute atomic E-state index is 13.1. The third kappa shape index (κ3) is 10.2. The van der Waals surface area contributed by atoms with Crippen molar-refractivity contribution < 1.29 is 28.7 Å². The lowest BCUT2D eigenvalue weighted by molar-refractivity contribution is -0.141. The number of nitrogens with one attached hydrogen (secondary N) is 2. The van der Waals surface area contributed by atoms with Gasteiger partial charge in [-0.2, -0.15) is 0 Å². The molecule has 0 bridgehead atoms. The molecular weight excluding hydrogens is 424 g/mol. The quantitative estimate of drug-likeness (QED) is 0.577. The van der Waals surface area contributed by atoms with Gasteiger partial charge in [-0.1, -0.05) is 44.2 Å². The lowest BCUT2D eigenvalue weighted by atomic mass is 9.89. The molecule has 2 unspecified atom stereocenters. The van der Waals surface area contributed by atoms with Gasteiger partial charge >= 0.3 is 6.09 Å². The Balaban J connectivity index is 2.00. The van der Waals surface area contributed by atoms with E-state index in [1.807, 2.05) is 44.2 Å². The Bertz CT molecular complexity index is 780. The number of benzene rings is 1. The SMILES string of the molecule is CC(C)CC(NC(=O)OCc1ccccc1)C(=O)CC1CCOCCCCCNC(=O)C1=O. The summed E-state index contributed by atoms with van der Waals surface area (Å²) >= 11 is 0. The van der Waals surface area contributed by atoms with Gasteiger partial charge in [0.15, 0.2) is 5.78 Å². The van der Waals surface area contributed by atoms with Crippen LogP contribution in [0.5, 0.6) is 0 Å². The van der Waals surface area contributed by atoms with E-state index in [4.69, 9.17) is 9.47 Å². The van der Waals surface area contributed by atoms with Gasteiger partial charge in [0.1, 0.15) is 6.61 Å². The summed E-state index contributed by atoms with van der Waals surface area (Å²) in [5.74, 6) is -2.22. The van der Waals surface area contributed by atoms with Crippen molar-refractivity contribution in [1.29, 1.82) is 0 Å². The summed E-state index contributed by atoms with van der Waals surface area (Å²) in [6, 6.07) is 8.45. The highest BCUT2D eigenvalue weighted by Crippen LogP contribution is 2.17. The van der Waals surface area contributed by atoms with E-state index in [-0.39, 0.29) is 31.1 Å². The molecule has 0 aliphatic carbocycles. The van der Waals surface area contributed by atoms with Crippen molar-refractivity contribution in [3.05, 3.63) is 35.9 Å². The van der Waals surface area contributed by atoms with E-state index >= 15 is 0 Å². The molecule has 8 heteroatoms. The van der Waals surface area contributed by atoms with Crippen LogP contribution in [0.25, 0.3) is 0 Å². The van der Waals surface area contributed by atoms with Crippen LogP contribution in [0.4, 0.5) is 4.79 Å². The molecular formula is C25H36N2O6. The van der Waals surface area contributed by atoms with Gasteiger partial charge in [-0.05, 0) is 43.6 Å². The summed E-state index contributed by atoms with van der Waals surface area (Å²) in [6.45, 7) is 5.30. The Morgan fingerprint density at radius 3 is 2.61 bits per heavy atom. The molecule has 0 radical (unpaired) electrons. The van der Waals surface area contributed by atoms with Gasteiger partial charge in [-0.15, -0.1) is 0 Å². The van der Waals surface area contributed by atoms with Gasteiger partial charge in [0, 0.05) is 32.1 Å². The summed E-state index contributed by atoms with van der Waals surface area (Å²) in [6.07, 6.45) is 2.44. The molecule has 1 aromatic rings. The number of carbonyl (C=O) groups excluding carboxylic acids is 4. The highest BCUT2D eigenvalue weighted by molar-refractivity contribution is 6.37. The van der Waals surface area contributed by atoms with E-state index in [0.29, 0.717) is 26.2 Å². The van der Waals surface area contributed by atoms with Crippen molar-refractivity contribution in [2.24, 2.45) is 11.8 Å². The van der Waals surface area contributed by atoms with Crippen LogP contribution in [-0.2, 0) is 30.5 Å². The maximum atomic E-state index is 13.1. The molecule has 1 aliphatic rings. The minimum atomic E-state index is -0.800. The second kappa shape index (κ2) is 14.4. The zero-order chi connectivity index (χ0) is 24.1. The van der Waals surface area contributed by atoms with Crippen molar-refractivity contribution in [2.75, 3.05) is 19.8 Å². The van der Waals surface area contributed by atoms with Gasteiger partial charge in [-0.25, -0.2) is 4.79 Å². The minimum Gasteiger partial charge on any atom is -0.445 e.